The fourth-order valence-electron chi connectivity index (χ4n) is 8.10. The number of benzene rings is 1. The number of aromatic nitrogens is 1. The van der Waals surface area contributed by atoms with Gasteiger partial charge in [0.25, 0.3) is 0 Å². The first-order chi connectivity index (χ1) is 15.1. The zero-order valence-corrected chi connectivity index (χ0v) is 18.5. The first kappa shape index (κ1) is 18.6. The van der Waals surface area contributed by atoms with Gasteiger partial charge in [-0.3, -0.25) is 4.98 Å². The van der Waals surface area contributed by atoms with Gasteiger partial charge in [0.1, 0.15) is 5.60 Å². The maximum Gasteiger partial charge on any atom is 0.103 e. The summed E-state index contributed by atoms with van der Waals surface area (Å²) in [5.74, 6) is 1.20. The standard InChI is InChI=1S/C28H32N2O/c1-26-10-8-23-16-22-3-2-13-30-18-27(22)11-12-28(23,31-27)25(26)7-6-24(26)20-5-4-19-9-14-29-17-21(19)15-20/h4-5,8-9,14-17,24-25,30H,2-3,6-7,10-13,18H2,1H3/t24-,25-,26-,27-,28-/m1/s1. The molecule has 2 saturated heterocycles. The van der Waals surface area contributed by atoms with E-state index in [2.05, 4.69) is 53.6 Å². The monoisotopic (exact) mass is 412 g/mol. The summed E-state index contributed by atoms with van der Waals surface area (Å²) in [6.45, 7) is 4.68. The van der Waals surface area contributed by atoms with Gasteiger partial charge in [0.05, 0.1) is 5.60 Å². The van der Waals surface area contributed by atoms with Gasteiger partial charge in [-0.2, -0.15) is 0 Å². The number of nitrogens with zero attached hydrogens (tertiary/aromatic N) is 1. The van der Waals surface area contributed by atoms with Crippen LogP contribution in [0.5, 0.6) is 0 Å². The van der Waals surface area contributed by atoms with Gasteiger partial charge in [-0.15, -0.1) is 0 Å². The molecule has 3 nitrogen and oxygen atoms in total. The van der Waals surface area contributed by atoms with Gasteiger partial charge in [0.2, 0.25) is 0 Å². The van der Waals surface area contributed by atoms with Crippen molar-refractivity contribution in [3.8, 4) is 0 Å². The summed E-state index contributed by atoms with van der Waals surface area (Å²) in [5, 5.41) is 6.24. The molecular weight excluding hydrogens is 380 g/mol. The lowest BCUT2D eigenvalue weighted by atomic mass is 9.58. The van der Waals surface area contributed by atoms with Crippen molar-refractivity contribution in [3.63, 3.8) is 0 Å². The molecule has 160 valence electrons. The maximum atomic E-state index is 7.28. The SMILES string of the molecule is C[C@]12CC=C3C=C4CCCNC[C@]45CC[C@]3(O5)[C@@H]1CC[C@@H]2c1ccc2ccncc2c1. The molecule has 1 N–H and O–H groups in total. The Morgan fingerprint density at radius 1 is 1.13 bits per heavy atom. The molecule has 0 unspecified atom stereocenters. The molecule has 31 heavy (non-hydrogen) atoms. The van der Waals surface area contributed by atoms with Crippen LogP contribution in [0.2, 0.25) is 0 Å². The van der Waals surface area contributed by atoms with E-state index < -0.39 is 0 Å². The largest absolute Gasteiger partial charge is 0.358 e. The number of nitrogens with one attached hydrogen (secondary N) is 1. The third-order valence-electron chi connectivity index (χ3n) is 9.62. The summed E-state index contributed by atoms with van der Waals surface area (Å²) in [6, 6.07) is 9.19. The van der Waals surface area contributed by atoms with Crippen LogP contribution in [0, 0.1) is 11.3 Å². The maximum absolute atomic E-state index is 7.28. The van der Waals surface area contributed by atoms with Crippen molar-refractivity contribution in [2.24, 2.45) is 11.3 Å². The smallest absolute Gasteiger partial charge is 0.103 e. The number of pyridine rings is 1. The molecule has 3 heteroatoms. The predicted octanol–water partition coefficient (Wildman–Crippen LogP) is 5.68. The van der Waals surface area contributed by atoms with Crippen molar-refractivity contribution < 1.29 is 4.74 Å². The van der Waals surface area contributed by atoms with E-state index in [1.165, 1.54) is 66.9 Å². The molecule has 3 fully saturated rings. The Hall–Kier alpha value is -1.97. The van der Waals surface area contributed by atoms with Gasteiger partial charge < -0.3 is 10.1 Å². The summed E-state index contributed by atoms with van der Waals surface area (Å²) in [5.41, 5.74) is 4.73. The van der Waals surface area contributed by atoms with E-state index in [1.54, 1.807) is 5.57 Å². The van der Waals surface area contributed by atoms with Crippen LogP contribution in [-0.4, -0.2) is 29.3 Å². The third kappa shape index (κ3) is 2.40. The van der Waals surface area contributed by atoms with Crippen molar-refractivity contribution in [1.29, 1.82) is 0 Å². The molecule has 3 aliphatic heterocycles. The topological polar surface area (TPSA) is 34.1 Å². The molecule has 1 aromatic carbocycles. The second-order valence-corrected chi connectivity index (χ2v) is 11.0. The number of fused-ring (bicyclic) bond motifs is 2. The fraction of sp³-hybridized carbons (Fsp3) is 0.536. The third-order valence-corrected chi connectivity index (χ3v) is 9.62. The normalized spacial score (nSPS) is 41.1. The molecule has 1 aromatic heterocycles. The van der Waals surface area contributed by atoms with Gasteiger partial charge in [-0.1, -0.05) is 31.2 Å². The lowest BCUT2D eigenvalue weighted by Gasteiger charge is -2.53. The summed E-state index contributed by atoms with van der Waals surface area (Å²) in [4.78, 5) is 4.37. The van der Waals surface area contributed by atoms with Crippen LogP contribution >= 0.6 is 0 Å². The van der Waals surface area contributed by atoms with Crippen molar-refractivity contribution in [2.75, 3.05) is 13.1 Å². The molecule has 4 heterocycles. The number of hydrogen-bond acceptors (Lipinski definition) is 3. The minimum absolute atomic E-state index is 0.0429. The quantitative estimate of drug-likeness (QED) is 0.655. The zero-order valence-electron chi connectivity index (χ0n) is 18.5. The average Bonchev–Trinajstić information content (AvgIpc) is 3.23. The van der Waals surface area contributed by atoms with E-state index in [0.29, 0.717) is 11.8 Å². The molecular formula is C28H32N2O. The zero-order chi connectivity index (χ0) is 20.7. The summed E-state index contributed by atoms with van der Waals surface area (Å²) in [6.07, 6.45) is 17.6. The van der Waals surface area contributed by atoms with Crippen LogP contribution in [0.1, 0.15) is 63.4 Å². The molecule has 1 saturated carbocycles. The van der Waals surface area contributed by atoms with Gasteiger partial charge in [-0.05, 0) is 103 Å². The Bertz CT molecular complexity index is 1130. The second-order valence-electron chi connectivity index (χ2n) is 11.0. The molecule has 2 aromatic rings. The summed E-state index contributed by atoms with van der Waals surface area (Å²) >= 11 is 0. The lowest BCUT2D eigenvalue weighted by molar-refractivity contribution is -0.124. The van der Waals surface area contributed by atoms with Gasteiger partial charge in [0, 0.05) is 24.3 Å². The highest BCUT2D eigenvalue weighted by molar-refractivity contribution is 5.82. The number of ether oxygens (including phenoxy) is 1. The van der Waals surface area contributed by atoms with Crippen molar-refractivity contribution in [3.05, 3.63) is 65.5 Å². The van der Waals surface area contributed by atoms with Crippen LogP contribution in [-0.2, 0) is 4.74 Å². The minimum Gasteiger partial charge on any atom is -0.358 e. The second kappa shape index (κ2) is 6.30. The molecule has 2 bridgehead atoms. The number of rotatable bonds is 1. The molecule has 5 atom stereocenters. The van der Waals surface area contributed by atoms with E-state index in [-0.39, 0.29) is 16.6 Å². The van der Waals surface area contributed by atoms with Crippen LogP contribution in [0.25, 0.3) is 10.8 Å². The molecule has 0 amide bonds. The van der Waals surface area contributed by atoms with Crippen molar-refractivity contribution in [2.45, 2.75) is 69.0 Å². The van der Waals surface area contributed by atoms with Crippen molar-refractivity contribution in [1.82, 2.24) is 10.3 Å². The minimum atomic E-state index is -0.0598. The van der Waals surface area contributed by atoms with Crippen LogP contribution in [0.3, 0.4) is 0 Å². The van der Waals surface area contributed by atoms with Crippen LogP contribution < -0.4 is 5.32 Å². The first-order valence-corrected chi connectivity index (χ1v) is 12.3. The Morgan fingerprint density at radius 2 is 2.10 bits per heavy atom. The lowest BCUT2D eigenvalue weighted by Crippen LogP contribution is -2.54. The predicted molar refractivity (Wildman–Crippen MR) is 124 cm³/mol. The Balaban J connectivity index is 1.31. The molecule has 2 spiro atoms. The van der Waals surface area contributed by atoms with Gasteiger partial charge >= 0.3 is 0 Å². The summed E-state index contributed by atoms with van der Waals surface area (Å²) < 4.78 is 7.28. The molecule has 0 radical (unpaired) electrons. The highest BCUT2D eigenvalue weighted by Gasteiger charge is 2.65. The number of allylic oxidation sites excluding steroid dienone is 1. The Morgan fingerprint density at radius 3 is 3.06 bits per heavy atom. The van der Waals surface area contributed by atoms with E-state index in [1.807, 2.05) is 12.4 Å². The average molecular weight is 413 g/mol. The molecule has 7 rings (SSSR count). The first-order valence-electron chi connectivity index (χ1n) is 12.3. The van der Waals surface area contributed by atoms with Gasteiger partial charge in [-0.25, -0.2) is 0 Å². The van der Waals surface area contributed by atoms with Crippen LogP contribution in [0.4, 0.5) is 0 Å². The highest BCUT2D eigenvalue weighted by atomic mass is 16.5. The van der Waals surface area contributed by atoms with Gasteiger partial charge in [0.15, 0.2) is 0 Å². The highest BCUT2D eigenvalue weighted by Crippen LogP contribution is 2.68. The van der Waals surface area contributed by atoms with E-state index in [4.69, 9.17) is 4.74 Å². The van der Waals surface area contributed by atoms with E-state index in [0.717, 1.165) is 13.1 Å². The Labute approximate surface area is 185 Å². The Kier molecular flexibility index (Phi) is 3.78. The molecule has 5 aliphatic rings. The van der Waals surface area contributed by atoms with Crippen LogP contribution in [0.15, 0.2) is 60.0 Å². The molecule has 2 aliphatic carbocycles. The van der Waals surface area contributed by atoms with E-state index >= 15 is 0 Å². The summed E-state index contributed by atoms with van der Waals surface area (Å²) in [7, 11) is 0. The van der Waals surface area contributed by atoms with E-state index in [9.17, 15) is 0 Å². The fourth-order valence-corrected chi connectivity index (χ4v) is 8.10. The van der Waals surface area contributed by atoms with Crippen molar-refractivity contribution >= 4 is 10.8 Å². The number of hydrogen-bond donors (Lipinski definition) is 1.